The zero-order valence-electron chi connectivity index (χ0n) is 8.83. The molecule has 0 bridgehead atoms. The number of hydrogen-bond donors (Lipinski definition) is 2. The Kier molecular flexibility index (Phi) is 2.84. The molecule has 2 atom stereocenters. The van der Waals surface area contributed by atoms with E-state index >= 15 is 0 Å². The lowest BCUT2D eigenvalue weighted by molar-refractivity contribution is 0.139. The summed E-state index contributed by atoms with van der Waals surface area (Å²) in [7, 11) is 0. The molecule has 1 aliphatic rings. The summed E-state index contributed by atoms with van der Waals surface area (Å²) in [5.74, 6) is 0. The zero-order chi connectivity index (χ0) is 9.97. The van der Waals surface area contributed by atoms with Crippen molar-refractivity contribution in [2.24, 2.45) is 0 Å². The van der Waals surface area contributed by atoms with Crippen molar-refractivity contribution in [3.05, 3.63) is 18.0 Å². The first-order valence-electron chi connectivity index (χ1n) is 5.21. The van der Waals surface area contributed by atoms with E-state index in [1.165, 1.54) is 5.56 Å². The fraction of sp³-hybridized carbons (Fsp3) is 0.700. The number of piperazine rings is 1. The second kappa shape index (κ2) is 4.11. The van der Waals surface area contributed by atoms with Crippen molar-refractivity contribution in [1.82, 2.24) is 20.4 Å². The van der Waals surface area contributed by atoms with Crippen molar-refractivity contribution in [3.8, 4) is 0 Å². The summed E-state index contributed by atoms with van der Waals surface area (Å²) >= 11 is 0. The minimum atomic E-state index is 0.595. The van der Waals surface area contributed by atoms with E-state index in [-0.39, 0.29) is 0 Å². The van der Waals surface area contributed by atoms with Gasteiger partial charge in [0.2, 0.25) is 0 Å². The van der Waals surface area contributed by atoms with Crippen LogP contribution in [-0.4, -0.2) is 40.3 Å². The molecule has 14 heavy (non-hydrogen) atoms. The van der Waals surface area contributed by atoms with Crippen LogP contribution in [0.4, 0.5) is 0 Å². The summed E-state index contributed by atoms with van der Waals surface area (Å²) in [6, 6.07) is 1.21. The van der Waals surface area contributed by atoms with Gasteiger partial charge in [-0.2, -0.15) is 5.10 Å². The SMILES string of the molecule is CC1CN(Cc2cn[nH]c2)C(C)CN1. The highest BCUT2D eigenvalue weighted by Gasteiger charge is 2.22. The molecule has 2 rings (SSSR count). The van der Waals surface area contributed by atoms with E-state index in [2.05, 4.69) is 34.3 Å². The van der Waals surface area contributed by atoms with Crippen LogP contribution in [0.3, 0.4) is 0 Å². The molecule has 0 saturated carbocycles. The Morgan fingerprint density at radius 2 is 2.43 bits per heavy atom. The minimum Gasteiger partial charge on any atom is -0.311 e. The van der Waals surface area contributed by atoms with Gasteiger partial charge in [-0.3, -0.25) is 10.00 Å². The van der Waals surface area contributed by atoms with Crippen molar-refractivity contribution < 1.29 is 0 Å². The lowest BCUT2D eigenvalue weighted by atomic mass is 10.1. The summed E-state index contributed by atoms with van der Waals surface area (Å²) in [5.41, 5.74) is 1.27. The standard InChI is InChI=1S/C10H18N4/c1-8-6-14(9(2)3-11-8)7-10-4-12-13-5-10/h4-5,8-9,11H,3,6-7H2,1-2H3,(H,12,13). The van der Waals surface area contributed by atoms with Crippen molar-refractivity contribution >= 4 is 0 Å². The summed E-state index contributed by atoms with van der Waals surface area (Å²) in [6.45, 7) is 7.70. The zero-order valence-corrected chi connectivity index (χ0v) is 8.83. The van der Waals surface area contributed by atoms with Crippen LogP contribution >= 0.6 is 0 Å². The van der Waals surface area contributed by atoms with Crippen molar-refractivity contribution in [1.29, 1.82) is 0 Å². The summed E-state index contributed by atoms with van der Waals surface area (Å²) in [6.07, 6.45) is 3.87. The van der Waals surface area contributed by atoms with Crippen LogP contribution < -0.4 is 5.32 Å². The molecule has 1 fully saturated rings. The molecule has 2 unspecified atom stereocenters. The van der Waals surface area contributed by atoms with Gasteiger partial charge in [0.15, 0.2) is 0 Å². The molecule has 1 aliphatic heterocycles. The van der Waals surface area contributed by atoms with E-state index in [4.69, 9.17) is 0 Å². The number of aromatic amines is 1. The van der Waals surface area contributed by atoms with Crippen LogP contribution in [0.5, 0.6) is 0 Å². The van der Waals surface area contributed by atoms with E-state index in [1.807, 2.05) is 12.4 Å². The fourth-order valence-electron chi connectivity index (χ4n) is 1.92. The Bertz CT molecular complexity index is 270. The maximum Gasteiger partial charge on any atom is 0.0532 e. The Balaban J connectivity index is 1.95. The van der Waals surface area contributed by atoms with Crippen molar-refractivity contribution in [2.75, 3.05) is 13.1 Å². The fourth-order valence-corrected chi connectivity index (χ4v) is 1.92. The molecule has 1 saturated heterocycles. The van der Waals surface area contributed by atoms with E-state index in [9.17, 15) is 0 Å². The molecule has 0 aliphatic carbocycles. The third-order valence-electron chi connectivity index (χ3n) is 2.83. The molecule has 1 aromatic heterocycles. The molecule has 0 amide bonds. The van der Waals surface area contributed by atoms with Crippen LogP contribution in [-0.2, 0) is 6.54 Å². The molecule has 0 spiro atoms. The maximum atomic E-state index is 3.96. The van der Waals surface area contributed by atoms with Gasteiger partial charge in [0.1, 0.15) is 0 Å². The van der Waals surface area contributed by atoms with Gasteiger partial charge in [0, 0.05) is 43.5 Å². The normalized spacial score (nSPS) is 29.3. The van der Waals surface area contributed by atoms with Crippen LogP contribution in [0.25, 0.3) is 0 Å². The monoisotopic (exact) mass is 194 g/mol. The highest BCUT2D eigenvalue weighted by molar-refractivity contribution is 5.03. The number of H-pyrrole nitrogens is 1. The summed E-state index contributed by atoms with van der Waals surface area (Å²) < 4.78 is 0. The van der Waals surface area contributed by atoms with Gasteiger partial charge in [0.05, 0.1) is 6.20 Å². The molecule has 4 nitrogen and oxygen atoms in total. The molecular weight excluding hydrogens is 176 g/mol. The second-order valence-electron chi connectivity index (χ2n) is 4.19. The number of aromatic nitrogens is 2. The topological polar surface area (TPSA) is 44.0 Å². The lowest BCUT2D eigenvalue weighted by Gasteiger charge is -2.37. The lowest BCUT2D eigenvalue weighted by Crippen LogP contribution is -2.53. The van der Waals surface area contributed by atoms with E-state index in [1.54, 1.807) is 0 Å². The van der Waals surface area contributed by atoms with E-state index in [0.29, 0.717) is 12.1 Å². The van der Waals surface area contributed by atoms with Crippen LogP contribution in [0.2, 0.25) is 0 Å². The molecule has 2 heterocycles. The first-order valence-corrected chi connectivity index (χ1v) is 5.21. The summed E-state index contributed by atoms with van der Waals surface area (Å²) in [5, 5.41) is 10.3. The molecule has 4 heteroatoms. The van der Waals surface area contributed by atoms with Crippen LogP contribution in [0.15, 0.2) is 12.4 Å². The largest absolute Gasteiger partial charge is 0.311 e. The van der Waals surface area contributed by atoms with Gasteiger partial charge < -0.3 is 5.32 Å². The molecular formula is C10H18N4. The second-order valence-corrected chi connectivity index (χ2v) is 4.19. The van der Waals surface area contributed by atoms with Gasteiger partial charge in [-0.05, 0) is 13.8 Å². The molecule has 78 valence electrons. The number of rotatable bonds is 2. The Labute approximate surface area is 84.7 Å². The van der Waals surface area contributed by atoms with Crippen LogP contribution in [0, 0.1) is 0 Å². The smallest absolute Gasteiger partial charge is 0.0532 e. The highest BCUT2D eigenvalue weighted by atomic mass is 15.2. The van der Waals surface area contributed by atoms with Crippen molar-refractivity contribution in [3.63, 3.8) is 0 Å². The molecule has 0 radical (unpaired) electrons. The maximum absolute atomic E-state index is 3.96. The van der Waals surface area contributed by atoms with Gasteiger partial charge >= 0.3 is 0 Å². The van der Waals surface area contributed by atoms with E-state index in [0.717, 1.165) is 19.6 Å². The molecule has 2 N–H and O–H groups in total. The third kappa shape index (κ3) is 2.13. The first kappa shape index (κ1) is 9.68. The Morgan fingerprint density at radius 1 is 1.57 bits per heavy atom. The third-order valence-corrected chi connectivity index (χ3v) is 2.83. The molecule has 0 aromatic carbocycles. The predicted molar refractivity (Wildman–Crippen MR) is 55.9 cm³/mol. The average Bonchev–Trinajstić information content (AvgIpc) is 2.64. The van der Waals surface area contributed by atoms with Crippen molar-refractivity contribution in [2.45, 2.75) is 32.5 Å². The van der Waals surface area contributed by atoms with Gasteiger partial charge in [-0.25, -0.2) is 0 Å². The Hall–Kier alpha value is -0.870. The van der Waals surface area contributed by atoms with Gasteiger partial charge in [0.25, 0.3) is 0 Å². The first-order chi connectivity index (χ1) is 6.75. The number of hydrogen-bond acceptors (Lipinski definition) is 3. The summed E-state index contributed by atoms with van der Waals surface area (Å²) in [4.78, 5) is 2.49. The Morgan fingerprint density at radius 3 is 3.14 bits per heavy atom. The average molecular weight is 194 g/mol. The number of nitrogens with one attached hydrogen (secondary N) is 2. The highest BCUT2D eigenvalue weighted by Crippen LogP contribution is 2.10. The number of nitrogens with zero attached hydrogens (tertiary/aromatic N) is 2. The minimum absolute atomic E-state index is 0.595. The predicted octanol–water partition coefficient (Wildman–Crippen LogP) is 0.592. The van der Waals surface area contributed by atoms with Crippen LogP contribution in [0.1, 0.15) is 19.4 Å². The quantitative estimate of drug-likeness (QED) is 0.724. The molecule has 1 aromatic rings. The van der Waals surface area contributed by atoms with Gasteiger partial charge in [-0.15, -0.1) is 0 Å². The van der Waals surface area contributed by atoms with E-state index < -0.39 is 0 Å². The van der Waals surface area contributed by atoms with Gasteiger partial charge in [-0.1, -0.05) is 0 Å².